The van der Waals surface area contributed by atoms with Gasteiger partial charge in [-0.05, 0) is 75.0 Å². The fourth-order valence-electron chi connectivity index (χ4n) is 10.9. The average molecular weight is 782 g/mol. The van der Waals surface area contributed by atoms with Gasteiger partial charge in [-0.15, -0.1) is 0 Å². The van der Waals surface area contributed by atoms with Crippen LogP contribution in [0.2, 0.25) is 0 Å². The Balaban J connectivity index is 1.15. The lowest BCUT2D eigenvalue weighted by Gasteiger charge is -2.38. The third-order valence-corrected chi connectivity index (χ3v) is 15.9. The van der Waals surface area contributed by atoms with E-state index in [2.05, 4.69) is 185 Å². The van der Waals surface area contributed by atoms with Gasteiger partial charge in [0, 0.05) is 52.7 Å². The zero-order chi connectivity index (χ0) is 38.8. The molecule has 0 radical (unpaired) electrons. The van der Waals surface area contributed by atoms with Crippen molar-refractivity contribution in [2.24, 2.45) is 0 Å². The fourth-order valence-corrected chi connectivity index (χ4v) is 14.0. The highest BCUT2D eigenvalue weighted by Gasteiger charge is 2.38. The van der Waals surface area contributed by atoms with Crippen LogP contribution in [0.1, 0.15) is 0 Å². The third kappa shape index (κ3) is 3.78. The Morgan fingerprint density at radius 2 is 1.12 bits per heavy atom. The van der Waals surface area contributed by atoms with Crippen LogP contribution in [0, 0.1) is 0 Å². The Bertz CT molecular complexity index is 4080. The van der Waals surface area contributed by atoms with E-state index in [0.717, 1.165) is 50.0 Å². The smallest absolute Gasteiger partial charge is 0.145 e. The highest BCUT2D eigenvalue weighted by Crippen LogP contribution is 2.67. The number of hydrogen-bond acceptors (Lipinski definition) is 2. The second kappa shape index (κ2) is 11.1. The zero-order valence-electron chi connectivity index (χ0n) is 32.0. The van der Waals surface area contributed by atoms with Gasteiger partial charge in [0.05, 0.1) is 33.4 Å². The van der Waals surface area contributed by atoms with Crippen molar-refractivity contribution >= 4 is 98.0 Å². The van der Waals surface area contributed by atoms with Gasteiger partial charge in [0.2, 0.25) is 0 Å². The van der Waals surface area contributed by atoms with Gasteiger partial charge < -0.3 is 8.98 Å². The zero-order valence-corrected chi connectivity index (χ0v) is 32.9. The molecule has 10 aromatic carbocycles. The molecule has 4 nitrogen and oxygen atoms in total. The summed E-state index contributed by atoms with van der Waals surface area (Å²) in [5.74, 6) is 0.977. The molecule has 13 aromatic rings. The van der Waals surface area contributed by atoms with Crippen LogP contribution < -0.4 is 0 Å². The summed E-state index contributed by atoms with van der Waals surface area (Å²) in [5, 5.41) is 12.7. The Labute approximate surface area is 345 Å². The Kier molecular flexibility index (Phi) is 5.81. The summed E-state index contributed by atoms with van der Waals surface area (Å²) in [7, 11) is -1.03. The van der Waals surface area contributed by atoms with E-state index in [1.165, 1.54) is 85.7 Å². The molecule has 1 unspecified atom stereocenters. The van der Waals surface area contributed by atoms with Crippen LogP contribution in [0.25, 0.3) is 121 Å². The molecule has 0 N–H and O–H groups in total. The Morgan fingerprint density at radius 1 is 0.433 bits per heavy atom. The van der Waals surface area contributed by atoms with Crippen molar-refractivity contribution in [3.63, 3.8) is 0 Å². The summed E-state index contributed by atoms with van der Waals surface area (Å²) in [6.45, 7) is 0. The normalized spacial score (nSPS) is 14.8. The van der Waals surface area contributed by atoms with Crippen molar-refractivity contribution in [3.05, 3.63) is 182 Å². The lowest BCUT2D eigenvalue weighted by Crippen LogP contribution is -2.14. The number of fused-ring (bicyclic) bond motifs is 17. The molecular weight excluding hydrogens is 751 g/mol. The largest absolute Gasteiger partial charge is 0.455 e. The molecule has 0 amide bonds. The van der Waals surface area contributed by atoms with E-state index >= 15 is 0 Å². The van der Waals surface area contributed by atoms with Crippen LogP contribution in [0.15, 0.2) is 201 Å². The van der Waals surface area contributed by atoms with Gasteiger partial charge in [-0.25, -0.2) is 4.98 Å². The fraction of sp³-hybridized carbons (Fsp3) is 0. The number of benzene rings is 10. The van der Waals surface area contributed by atoms with Gasteiger partial charge in [-0.3, -0.25) is 4.57 Å². The van der Waals surface area contributed by atoms with Crippen LogP contribution in [-0.4, -0.2) is 14.1 Å². The number of hydrogen-bond donors (Lipinski definition) is 1. The monoisotopic (exact) mass is 781 g/mol. The first-order valence-electron chi connectivity index (χ1n) is 20.6. The van der Waals surface area contributed by atoms with Crippen molar-refractivity contribution < 1.29 is 4.42 Å². The number of furan rings is 1. The first-order valence-corrected chi connectivity index (χ1v) is 21.9. The van der Waals surface area contributed by atoms with Crippen LogP contribution in [0.3, 0.4) is 0 Å². The van der Waals surface area contributed by atoms with Crippen LogP contribution >= 0.6 is 10.9 Å². The van der Waals surface area contributed by atoms with Crippen molar-refractivity contribution in [1.82, 2.24) is 14.1 Å². The van der Waals surface area contributed by atoms with Crippen LogP contribution in [0.5, 0.6) is 0 Å². The van der Waals surface area contributed by atoms with Crippen molar-refractivity contribution in [2.75, 3.05) is 0 Å². The van der Waals surface area contributed by atoms with E-state index in [0.29, 0.717) is 0 Å². The molecule has 0 bridgehead atoms. The standard InChI is InChI=1S/C55H31N3OS/c1-2-13-31(14-3-1)55-56-43-22-11-26-48-51(43)58(55)45-24-12-23-44-53(45)60(48)54-49-39-19-7-6-16-35(39)34-15-4-5-17-36(34)41(49)30-42-37-28-27-32(29-46(37)57(44)50(42)54)33-20-10-21-40-38-18-8-9-25-47(38)59-52(33)40/h1-30,60H. The quantitative estimate of drug-likeness (QED) is 0.140. The van der Waals surface area contributed by atoms with Crippen molar-refractivity contribution in [3.8, 4) is 33.9 Å². The van der Waals surface area contributed by atoms with E-state index in [1.807, 2.05) is 6.07 Å². The van der Waals surface area contributed by atoms with Crippen LogP contribution in [-0.2, 0) is 0 Å². The average Bonchev–Trinajstić information content (AvgIpc) is 4.00. The molecule has 0 fully saturated rings. The lowest BCUT2D eigenvalue weighted by atomic mass is 9.93. The molecule has 60 heavy (non-hydrogen) atoms. The van der Waals surface area contributed by atoms with E-state index in [1.54, 1.807) is 0 Å². The highest BCUT2D eigenvalue weighted by molar-refractivity contribution is 8.18. The van der Waals surface area contributed by atoms with Gasteiger partial charge in [0.1, 0.15) is 17.0 Å². The minimum absolute atomic E-state index is 0.911. The predicted molar refractivity (Wildman–Crippen MR) is 250 cm³/mol. The summed E-state index contributed by atoms with van der Waals surface area (Å²) >= 11 is 0. The lowest BCUT2D eigenvalue weighted by molar-refractivity contribution is 0.670. The van der Waals surface area contributed by atoms with Gasteiger partial charge in [0.25, 0.3) is 0 Å². The molecule has 15 rings (SSSR count). The van der Waals surface area contributed by atoms with Gasteiger partial charge in [-0.2, -0.15) is 10.9 Å². The Hall–Kier alpha value is -7.60. The van der Waals surface area contributed by atoms with E-state index in [4.69, 9.17) is 9.40 Å². The minimum atomic E-state index is -1.03. The number of thiol groups is 1. The third-order valence-electron chi connectivity index (χ3n) is 13.3. The molecule has 2 aliphatic heterocycles. The molecule has 0 aliphatic carbocycles. The van der Waals surface area contributed by atoms with E-state index in [9.17, 15) is 0 Å². The van der Waals surface area contributed by atoms with Gasteiger partial charge in [-0.1, -0.05) is 140 Å². The summed E-state index contributed by atoms with van der Waals surface area (Å²) in [6, 6.07) is 67.0. The topological polar surface area (TPSA) is 35.9 Å². The first-order chi connectivity index (χ1) is 29.8. The summed E-state index contributed by atoms with van der Waals surface area (Å²) in [6.07, 6.45) is 0. The van der Waals surface area contributed by atoms with E-state index in [-0.39, 0.29) is 0 Å². The number of rotatable bonds is 2. The number of nitrogens with zero attached hydrogens (tertiary/aromatic N) is 3. The Morgan fingerprint density at radius 3 is 1.97 bits per heavy atom. The van der Waals surface area contributed by atoms with Gasteiger partial charge >= 0.3 is 0 Å². The number of para-hydroxylation sites is 3. The second-order valence-electron chi connectivity index (χ2n) is 16.2. The first kappa shape index (κ1) is 31.4. The second-order valence-corrected chi connectivity index (χ2v) is 18.3. The summed E-state index contributed by atoms with van der Waals surface area (Å²) in [4.78, 5) is 9.57. The van der Waals surface area contributed by atoms with Crippen LogP contribution in [0.4, 0.5) is 0 Å². The molecule has 5 heteroatoms. The van der Waals surface area contributed by atoms with E-state index < -0.39 is 10.9 Å². The van der Waals surface area contributed by atoms with Crippen molar-refractivity contribution in [2.45, 2.75) is 14.7 Å². The molecule has 1 atom stereocenters. The molecule has 0 spiro atoms. The maximum atomic E-state index is 6.63. The van der Waals surface area contributed by atoms with Gasteiger partial charge in [0.15, 0.2) is 0 Å². The molecule has 5 heterocycles. The molecule has 0 saturated heterocycles. The minimum Gasteiger partial charge on any atom is -0.455 e. The maximum Gasteiger partial charge on any atom is 0.145 e. The molecular formula is C55H31N3OS. The molecule has 2 aliphatic rings. The maximum absolute atomic E-state index is 6.63. The highest BCUT2D eigenvalue weighted by atomic mass is 32.2. The predicted octanol–water partition coefficient (Wildman–Crippen LogP) is 14.9. The summed E-state index contributed by atoms with van der Waals surface area (Å²) < 4.78 is 11.7. The molecule has 0 saturated carbocycles. The molecule has 278 valence electrons. The molecule has 3 aromatic heterocycles. The SMILES string of the molecule is c1ccc(-c2nc3cccc4c3n2-c2cccc3c2[SH]4c2c4c5ccccc5c5ccccc5c4cc4c5ccc(-c6cccc7c6oc6ccccc67)cc5n-3c24)cc1. The summed E-state index contributed by atoms with van der Waals surface area (Å²) in [5.41, 5.74) is 12.4. The van der Waals surface area contributed by atoms with Crippen molar-refractivity contribution in [1.29, 1.82) is 0 Å². The number of imidazole rings is 1. The number of aromatic nitrogens is 3.